The van der Waals surface area contributed by atoms with Gasteiger partial charge in [0.2, 0.25) is 0 Å². The van der Waals surface area contributed by atoms with Crippen molar-refractivity contribution in [3.05, 3.63) is 117 Å². The third kappa shape index (κ3) is 3.81. The normalized spacial score (nSPS) is 17.9. The maximum atomic E-state index is 2.48. The number of benzene rings is 3. The lowest BCUT2D eigenvalue weighted by Crippen LogP contribution is -2.15. The molecule has 0 atom stereocenters. The van der Waals surface area contributed by atoms with E-state index in [1.165, 1.54) is 77.9 Å². The summed E-state index contributed by atoms with van der Waals surface area (Å²) in [6.07, 6.45) is 14.0. The van der Waals surface area contributed by atoms with Crippen molar-refractivity contribution in [3.8, 4) is 22.3 Å². The summed E-state index contributed by atoms with van der Waals surface area (Å²) in [7, 11) is 0. The zero-order valence-corrected chi connectivity index (χ0v) is 23.3. The highest BCUT2D eigenvalue weighted by atomic mass is 14.4. The van der Waals surface area contributed by atoms with E-state index in [9.17, 15) is 0 Å². The summed E-state index contributed by atoms with van der Waals surface area (Å²) >= 11 is 0. The lowest BCUT2D eigenvalue weighted by molar-refractivity contribution is 0.660. The number of fused-ring (bicyclic) bond motifs is 3. The Morgan fingerprint density at radius 1 is 0.595 bits per heavy atom. The molecule has 0 unspecified atom stereocenters. The zero-order chi connectivity index (χ0) is 25.9. The maximum absolute atomic E-state index is 2.48. The van der Waals surface area contributed by atoms with Gasteiger partial charge in [-0.05, 0) is 121 Å². The topological polar surface area (TPSA) is 0 Å². The smallest absolute Gasteiger partial charge is 0.0159 e. The molecule has 0 heterocycles. The van der Waals surface area contributed by atoms with Gasteiger partial charge in [-0.15, -0.1) is 0 Å². The van der Waals surface area contributed by atoms with E-state index in [0.29, 0.717) is 0 Å². The SMILES string of the molecule is CC1=C(c2ccc(-c3ccc4c(c3)C(C)(C)c3cc(C)ccc3-4)c(C3=C(C)CCC=C3)c2C)C=CCC1. The zero-order valence-electron chi connectivity index (χ0n) is 23.3. The molecule has 0 radical (unpaired) electrons. The molecule has 0 saturated carbocycles. The van der Waals surface area contributed by atoms with Crippen molar-refractivity contribution in [1.29, 1.82) is 0 Å². The molecule has 0 aromatic heterocycles. The summed E-state index contributed by atoms with van der Waals surface area (Å²) in [5.74, 6) is 0. The first kappa shape index (κ1) is 24.0. The number of aryl methyl sites for hydroxylation is 1. The van der Waals surface area contributed by atoms with Crippen molar-refractivity contribution in [2.75, 3.05) is 0 Å². The Morgan fingerprint density at radius 3 is 1.84 bits per heavy atom. The molecule has 6 rings (SSSR count). The van der Waals surface area contributed by atoms with Crippen LogP contribution < -0.4 is 0 Å². The Kier molecular flexibility index (Phi) is 5.75. The summed E-state index contributed by atoms with van der Waals surface area (Å²) in [6.45, 7) is 13.9. The quantitative estimate of drug-likeness (QED) is 0.348. The second-order valence-corrected chi connectivity index (χ2v) is 11.9. The number of hydrogen-bond acceptors (Lipinski definition) is 0. The van der Waals surface area contributed by atoms with Gasteiger partial charge in [-0.1, -0.05) is 97.3 Å². The minimum atomic E-state index is -0.00339. The predicted molar refractivity (Wildman–Crippen MR) is 161 cm³/mol. The van der Waals surface area contributed by atoms with Gasteiger partial charge in [0.05, 0.1) is 0 Å². The molecule has 0 fully saturated rings. The Hall–Kier alpha value is -3.38. The molecule has 3 aliphatic carbocycles. The Morgan fingerprint density at radius 2 is 1.16 bits per heavy atom. The molecule has 3 aromatic rings. The van der Waals surface area contributed by atoms with Gasteiger partial charge >= 0.3 is 0 Å². The van der Waals surface area contributed by atoms with E-state index < -0.39 is 0 Å². The Labute approximate surface area is 223 Å². The van der Waals surface area contributed by atoms with Crippen LogP contribution in [0.3, 0.4) is 0 Å². The summed E-state index contributed by atoms with van der Waals surface area (Å²) in [5.41, 5.74) is 19.7. The average Bonchev–Trinajstić information content (AvgIpc) is 3.11. The number of hydrogen-bond donors (Lipinski definition) is 0. The van der Waals surface area contributed by atoms with Gasteiger partial charge in [0.1, 0.15) is 0 Å². The summed E-state index contributed by atoms with van der Waals surface area (Å²) in [6, 6.07) is 18.9. The van der Waals surface area contributed by atoms with Gasteiger partial charge in [0.25, 0.3) is 0 Å². The Balaban J connectivity index is 1.58. The van der Waals surface area contributed by atoms with E-state index in [4.69, 9.17) is 0 Å². The van der Waals surface area contributed by atoms with Crippen LogP contribution >= 0.6 is 0 Å². The van der Waals surface area contributed by atoms with Crippen LogP contribution in [0.5, 0.6) is 0 Å². The van der Waals surface area contributed by atoms with Gasteiger partial charge in [-0.25, -0.2) is 0 Å². The van der Waals surface area contributed by atoms with Crippen molar-refractivity contribution in [2.45, 2.75) is 72.6 Å². The highest BCUT2D eigenvalue weighted by Crippen LogP contribution is 2.50. The number of allylic oxidation sites excluding steroid dienone is 8. The van der Waals surface area contributed by atoms with Gasteiger partial charge in [0, 0.05) is 5.41 Å². The summed E-state index contributed by atoms with van der Waals surface area (Å²) in [4.78, 5) is 0. The molecule has 0 N–H and O–H groups in total. The van der Waals surface area contributed by atoms with E-state index in [1.807, 2.05) is 0 Å². The minimum Gasteiger partial charge on any atom is -0.0836 e. The third-order valence-electron chi connectivity index (χ3n) is 9.03. The first-order valence-electron chi connectivity index (χ1n) is 13.9. The lowest BCUT2D eigenvalue weighted by Gasteiger charge is -2.25. The van der Waals surface area contributed by atoms with Crippen LogP contribution in [0.15, 0.2) is 84.0 Å². The van der Waals surface area contributed by atoms with Crippen LogP contribution in [-0.2, 0) is 5.41 Å². The van der Waals surface area contributed by atoms with Crippen molar-refractivity contribution >= 4 is 11.1 Å². The highest BCUT2D eigenvalue weighted by molar-refractivity contribution is 5.94. The molecule has 0 bridgehead atoms. The van der Waals surface area contributed by atoms with E-state index in [2.05, 4.69) is 114 Å². The standard InChI is InChI=1S/C37H38/c1-23-15-17-32-33-18-16-27(22-35(33)37(5,6)34(32)21-23)31-20-19-30(28-13-9-7-11-24(28)2)26(4)36(31)29-14-10-8-12-25(29)3/h9-10,13-22H,7-8,11-12H2,1-6H3. The molecule has 0 aliphatic heterocycles. The van der Waals surface area contributed by atoms with Crippen LogP contribution in [0, 0.1) is 13.8 Å². The van der Waals surface area contributed by atoms with E-state index >= 15 is 0 Å². The fourth-order valence-corrected chi connectivity index (χ4v) is 6.78. The van der Waals surface area contributed by atoms with Crippen LogP contribution in [0.2, 0.25) is 0 Å². The number of rotatable bonds is 3. The van der Waals surface area contributed by atoms with Crippen molar-refractivity contribution in [3.63, 3.8) is 0 Å². The molecular weight excluding hydrogens is 444 g/mol. The highest BCUT2D eigenvalue weighted by Gasteiger charge is 2.35. The maximum Gasteiger partial charge on any atom is 0.0159 e. The predicted octanol–water partition coefficient (Wildman–Crippen LogP) is 10.5. The molecule has 186 valence electrons. The summed E-state index contributed by atoms with van der Waals surface area (Å²) in [5, 5.41) is 0. The lowest BCUT2D eigenvalue weighted by atomic mass is 9.79. The Bertz CT molecular complexity index is 1560. The van der Waals surface area contributed by atoms with Gasteiger partial charge in [0.15, 0.2) is 0 Å². The second-order valence-electron chi connectivity index (χ2n) is 11.9. The largest absolute Gasteiger partial charge is 0.0836 e. The molecule has 37 heavy (non-hydrogen) atoms. The molecule has 0 heteroatoms. The van der Waals surface area contributed by atoms with E-state index in [0.717, 1.165) is 25.7 Å². The van der Waals surface area contributed by atoms with E-state index in [-0.39, 0.29) is 5.41 Å². The molecule has 0 spiro atoms. The third-order valence-corrected chi connectivity index (χ3v) is 9.03. The fraction of sp³-hybridized carbons (Fsp3) is 0.297. The van der Waals surface area contributed by atoms with Crippen molar-refractivity contribution in [1.82, 2.24) is 0 Å². The first-order chi connectivity index (χ1) is 17.8. The average molecular weight is 483 g/mol. The van der Waals surface area contributed by atoms with Gasteiger partial charge < -0.3 is 0 Å². The van der Waals surface area contributed by atoms with E-state index in [1.54, 1.807) is 0 Å². The van der Waals surface area contributed by atoms with Crippen LogP contribution in [-0.4, -0.2) is 0 Å². The molecular formula is C37H38. The first-order valence-corrected chi connectivity index (χ1v) is 13.9. The minimum absolute atomic E-state index is 0.00339. The van der Waals surface area contributed by atoms with Crippen LogP contribution in [0.1, 0.15) is 86.8 Å². The van der Waals surface area contributed by atoms with Crippen molar-refractivity contribution in [2.24, 2.45) is 0 Å². The van der Waals surface area contributed by atoms with Crippen molar-refractivity contribution < 1.29 is 0 Å². The molecule has 3 aliphatic rings. The summed E-state index contributed by atoms with van der Waals surface area (Å²) < 4.78 is 0. The van der Waals surface area contributed by atoms with Gasteiger partial charge in [-0.3, -0.25) is 0 Å². The van der Waals surface area contributed by atoms with Gasteiger partial charge in [-0.2, -0.15) is 0 Å². The molecule has 0 nitrogen and oxygen atoms in total. The molecule has 0 amide bonds. The molecule has 3 aromatic carbocycles. The fourth-order valence-electron chi connectivity index (χ4n) is 6.78. The van der Waals surface area contributed by atoms with Crippen LogP contribution in [0.4, 0.5) is 0 Å². The van der Waals surface area contributed by atoms with Crippen LogP contribution in [0.25, 0.3) is 33.4 Å². The second kappa shape index (κ2) is 8.88. The monoisotopic (exact) mass is 482 g/mol. The molecule has 0 saturated heterocycles.